The fourth-order valence-electron chi connectivity index (χ4n) is 1.38. The van der Waals surface area contributed by atoms with E-state index in [9.17, 15) is 4.39 Å². The molecule has 0 aliphatic heterocycles. The predicted octanol–water partition coefficient (Wildman–Crippen LogP) is 3.68. The largest absolute Gasteiger partial charge is 0.383 e. The molecule has 0 fully saturated rings. The van der Waals surface area contributed by atoms with E-state index < -0.39 is 0 Å². The van der Waals surface area contributed by atoms with Gasteiger partial charge >= 0.3 is 0 Å². The molecule has 8 heteroatoms. The zero-order valence-corrected chi connectivity index (χ0v) is 13.1. The van der Waals surface area contributed by atoms with Crippen LogP contribution in [0.15, 0.2) is 22.5 Å². The van der Waals surface area contributed by atoms with Crippen LogP contribution in [0.2, 0.25) is 5.02 Å². The number of ether oxygens (including phenoxy) is 1. The van der Waals surface area contributed by atoms with E-state index >= 15 is 0 Å². The Hall–Kier alpha value is -0.890. The van der Waals surface area contributed by atoms with Crippen molar-refractivity contribution in [2.45, 2.75) is 10.1 Å². The third-order valence-corrected chi connectivity index (χ3v) is 4.77. The van der Waals surface area contributed by atoms with Gasteiger partial charge in [0, 0.05) is 24.4 Å². The molecule has 2 rings (SSSR count). The SMILES string of the molecule is COCCNc1nnc(SCc2ccc(F)cc2Cl)s1. The van der Waals surface area contributed by atoms with E-state index in [2.05, 4.69) is 15.5 Å². The summed E-state index contributed by atoms with van der Waals surface area (Å²) in [5.41, 5.74) is 0.877. The van der Waals surface area contributed by atoms with Crippen LogP contribution in [0.25, 0.3) is 0 Å². The summed E-state index contributed by atoms with van der Waals surface area (Å²) in [6.45, 7) is 1.31. The van der Waals surface area contributed by atoms with Crippen LogP contribution in [0.1, 0.15) is 5.56 Å². The minimum atomic E-state index is -0.329. The Labute approximate surface area is 129 Å². The van der Waals surface area contributed by atoms with Gasteiger partial charge in [-0.25, -0.2) is 4.39 Å². The van der Waals surface area contributed by atoms with Gasteiger partial charge in [-0.05, 0) is 17.7 Å². The molecule has 0 aliphatic rings. The first-order valence-electron chi connectivity index (χ1n) is 5.82. The Bertz CT molecular complexity index is 567. The van der Waals surface area contributed by atoms with E-state index in [0.717, 1.165) is 15.0 Å². The fourth-order valence-corrected chi connectivity index (χ4v) is 3.47. The lowest BCUT2D eigenvalue weighted by Crippen LogP contribution is -2.06. The lowest BCUT2D eigenvalue weighted by atomic mass is 10.2. The normalized spacial score (nSPS) is 10.8. The van der Waals surface area contributed by atoms with Crippen LogP contribution in [-0.4, -0.2) is 30.5 Å². The molecule has 1 aromatic carbocycles. The smallest absolute Gasteiger partial charge is 0.206 e. The molecule has 0 saturated heterocycles. The molecule has 0 saturated carbocycles. The second kappa shape index (κ2) is 7.78. The Balaban J connectivity index is 1.87. The number of aromatic nitrogens is 2. The van der Waals surface area contributed by atoms with Gasteiger partial charge in [0.15, 0.2) is 4.34 Å². The number of anilines is 1. The van der Waals surface area contributed by atoms with Crippen molar-refractivity contribution in [3.63, 3.8) is 0 Å². The van der Waals surface area contributed by atoms with Crippen LogP contribution in [0.4, 0.5) is 9.52 Å². The highest BCUT2D eigenvalue weighted by Gasteiger charge is 2.07. The summed E-state index contributed by atoms with van der Waals surface area (Å²) in [6.07, 6.45) is 0. The van der Waals surface area contributed by atoms with Gasteiger partial charge in [-0.3, -0.25) is 0 Å². The quantitative estimate of drug-likeness (QED) is 0.618. The van der Waals surface area contributed by atoms with Gasteiger partial charge in [0.1, 0.15) is 5.82 Å². The number of nitrogens with one attached hydrogen (secondary N) is 1. The topological polar surface area (TPSA) is 47.0 Å². The van der Waals surface area contributed by atoms with Crippen LogP contribution in [-0.2, 0) is 10.5 Å². The third kappa shape index (κ3) is 4.59. The number of methoxy groups -OCH3 is 1. The highest BCUT2D eigenvalue weighted by Crippen LogP contribution is 2.30. The van der Waals surface area contributed by atoms with Crippen molar-refractivity contribution in [2.24, 2.45) is 0 Å². The number of hydrogen-bond donors (Lipinski definition) is 1. The van der Waals surface area contributed by atoms with E-state index in [1.54, 1.807) is 13.2 Å². The van der Waals surface area contributed by atoms with Crippen LogP contribution < -0.4 is 5.32 Å². The Morgan fingerprint density at radius 3 is 3.05 bits per heavy atom. The van der Waals surface area contributed by atoms with E-state index in [4.69, 9.17) is 16.3 Å². The zero-order valence-electron chi connectivity index (χ0n) is 10.7. The van der Waals surface area contributed by atoms with Crippen molar-refractivity contribution < 1.29 is 9.13 Å². The van der Waals surface area contributed by atoms with Gasteiger partial charge in [-0.15, -0.1) is 10.2 Å². The van der Waals surface area contributed by atoms with Crippen LogP contribution in [0.3, 0.4) is 0 Å². The number of nitrogens with zero attached hydrogens (tertiary/aromatic N) is 2. The number of benzene rings is 1. The Morgan fingerprint density at radius 2 is 2.30 bits per heavy atom. The maximum atomic E-state index is 12.9. The van der Waals surface area contributed by atoms with Crippen molar-refractivity contribution >= 4 is 39.8 Å². The first-order valence-corrected chi connectivity index (χ1v) is 8.00. The Kier molecular flexibility index (Phi) is 6.03. The summed E-state index contributed by atoms with van der Waals surface area (Å²) < 4.78 is 18.7. The second-order valence-corrected chi connectivity index (χ2v) is 6.42. The first-order chi connectivity index (χ1) is 9.69. The summed E-state index contributed by atoms with van der Waals surface area (Å²) >= 11 is 8.96. The fraction of sp³-hybridized carbons (Fsp3) is 0.333. The second-order valence-electron chi connectivity index (χ2n) is 3.82. The summed E-state index contributed by atoms with van der Waals surface area (Å²) in [4.78, 5) is 0. The van der Waals surface area contributed by atoms with Gasteiger partial charge in [0.05, 0.1) is 6.61 Å². The zero-order chi connectivity index (χ0) is 14.4. The molecule has 0 bridgehead atoms. The van der Waals surface area contributed by atoms with Crippen molar-refractivity contribution in [1.29, 1.82) is 0 Å². The standard InChI is InChI=1S/C12H13ClFN3OS2/c1-18-5-4-15-11-16-17-12(20-11)19-7-8-2-3-9(14)6-10(8)13/h2-3,6H,4-5,7H2,1H3,(H,15,16). The molecule has 0 aliphatic carbocycles. The summed E-state index contributed by atoms with van der Waals surface area (Å²) in [5, 5.41) is 12.4. The van der Waals surface area contributed by atoms with Crippen LogP contribution in [0, 0.1) is 5.82 Å². The van der Waals surface area contributed by atoms with Crippen LogP contribution in [0.5, 0.6) is 0 Å². The maximum absolute atomic E-state index is 12.9. The number of hydrogen-bond acceptors (Lipinski definition) is 6. The van der Waals surface area contributed by atoms with Gasteiger partial charge in [0.2, 0.25) is 5.13 Å². The molecule has 0 amide bonds. The molecule has 4 nitrogen and oxygen atoms in total. The average Bonchev–Trinajstić information content (AvgIpc) is 2.86. The highest BCUT2D eigenvalue weighted by molar-refractivity contribution is 8.00. The van der Waals surface area contributed by atoms with E-state index in [1.165, 1.54) is 35.2 Å². The van der Waals surface area contributed by atoms with Crippen molar-refractivity contribution in [2.75, 3.05) is 25.6 Å². The first kappa shape index (κ1) is 15.5. The molecule has 108 valence electrons. The molecule has 0 radical (unpaired) electrons. The predicted molar refractivity (Wildman–Crippen MR) is 81.2 cm³/mol. The molecule has 1 aromatic heterocycles. The van der Waals surface area contributed by atoms with Gasteiger partial charge in [-0.1, -0.05) is 40.8 Å². The van der Waals surface area contributed by atoms with Gasteiger partial charge in [0.25, 0.3) is 0 Å². The minimum absolute atomic E-state index is 0.329. The number of halogens is 2. The molecule has 0 atom stereocenters. The Morgan fingerprint density at radius 1 is 1.45 bits per heavy atom. The van der Waals surface area contributed by atoms with Crippen molar-refractivity contribution in [1.82, 2.24) is 10.2 Å². The van der Waals surface area contributed by atoms with E-state index in [0.29, 0.717) is 23.9 Å². The maximum Gasteiger partial charge on any atom is 0.206 e. The third-order valence-electron chi connectivity index (χ3n) is 2.36. The van der Waals surface area contributed by atoms with Gasteiger partial charge in [-0.2, -0.15) is 0 Å². The minimum Gasteiger partial charge on any atom is -0.383 e. The molecule has 1 heterocycles. The molecule has 20 heavy (non-hydrogen) atoms. The molecule has 0 unspecified atom stereocenters. The molecular formula is C12H13ClFN3OS2. The monoisotopic (exact) mass is 333 g/mol. The van der Waals surface area contributed by atoms with Crippen molar-refractivity contribution in [3.05, 3.63) is 34.6 Å². The molecule has 2 aromatic rings. The number of rotatable bonds is 7. The van der Waals surface area contributed by atoms with Crippen LogP contribution >= 0.6 is 34.7 Å². The lowest BCUT2D eigenvalue weighted by molar-refractivity contribution is 0.211. The molecule has 1 N–H and O–H groups in total. The van der Waals surface area contributed by atoms with Crippen molar-refractivity contribution in [3.8, 4) is 0 Å². The molecule has 0 spiro atoms. The lowest BCUT2D eigenvalue weighted by Gasteiger charge is -2.02. The summed E-state index contributed by atoms with van der Waals surface area (Å²) in [6, 6.07) is 4.40. The number of thioether (sulfide) groups is 1. The summed E-state index contributed by atoms with van der Waals surface area (Å²) in [5.74, 6) is 0.301. The van der Waals surface area contributed by atoms with E-state index in [-0.39, 0.29) is 5.82 Å². The van der Waals surface area contributed by atoms with Gasteiger partial charge < -0.3 is 10.1 Å². The summed E-state index contributed by atoms with van der Waals surface area (Å²) in [7, 11) is 1.65. The molecular weight excluding hydrogens is 321 g/mol. The highest BCUT2D eigenvalue weighted by atomic mass is 35.5. The average molecular weight is 334 g/mol. The van der Waals surface area contributed by atoms with E-state index in [1.807, 2.05) is 0 Å².